The molecule has 1 aliphatic rings. The van der Waals surface area contributed by atoms with Crippen molar-refractivity contribution in [3.8, 4) is 0 Å². The SMILES string of the molecule is Cn1cc(C(=O)N2CCCCC2(C)C(=O)O)cn1. The van der Waals surface area contributed by atoms with Crippen LogP contribution in [0.4, 0.5) is 0 Å². The van der Waals surface area contributed by atoms with Gasteiger partial charge in [-0.3, -0.25) is 9.48 Å². The van der Waals surface area contributed by atoms with Gasteiger partial charge in [-0.15, -0.1) is 0 Å². The van der Waals surface area contributed by atoms with Crippen molar-refractivity contribution in [2.45, 2.75) is 31.7 Å². The Hall–Kier alpha value is -1.85. The number of likely N-dealkylation sites (tertiary alicyclic amines) is 1. The summed E-state index contributed by atoms with van der Waals surface area (Å²) in [5, 5.41) is 13.3. The molecule has 1 unspecified atom stereocenters. The van der Waals surface area contributed by atoms with Crippen LogP contribution in [0, 0.1) is 0 Å². The molecule has 18 heavy (non-hydrogen) atoms. The molecule has 2 rings (SSSR count). The zero-order valence-electron chi connectivity index (χ0n) is 10.6. The first-order chi connectivity index (χ1) is 8.45. The third kappa shape index (κ3) is 1.98. The molecule has 1 N–H and O–H groups in total. The summed E-state index contributed by atoms with van der Waals surface area (Å²) in [6.45, 7) is 2.10. The van der Waals surface area contributed by atoms with Crippen LogP contribution in [-0.2, 0) is 11.8 Å². The fourth-order valence-corrected chi connectivity index (χ4v) is 2.36. The number of carboxylic acid groups (broad SMARTS) is 1. The minimum atomic E-state index is -1.11. The van der Waals surface area contributed by atoms with Crippen LogP contribution < -0.4 is 0 Å². The third-order valence-electron chi connectivity index (χ3n) is 3.55. The minimum absolute atomic E-state index is 0.257. The molecule has 1 aromatic heterocycles. The highest BCUT2D eigenvalue weighted by atomic mass is 16.4. The summed E-state index contributed by atoms with van der Waals surface area (Å²) in [6.07, 6.45) is 5.25. The molecule has 0 bridgehead atoms. The average Bonchev–Trinajstić information content (AvgIpc) is 2.75. The van der Waals surface area contributed by atoms with Crippen LogP contribution in [0.2, 0.25) is 0 Å². The van der Waals surface area contributed by atoms with Crippen molar-refractivity contribution in [3.05, 3.63) is 18.0 Å². The Morgan fingerprint density at radius 1 is 1.44 bits per heavy atom. The summed E-state index contributed by atoms with van der Waals surface area (Å²) in [5.74, 6) is -1.20. The maximum Gasteiger partial charge on any atom is 0.329 e. The van der Waals surface area contributed by atoms with Gasteiger partial charge in [-0.25, -0.2) is 4.79 Å². The van der Waals surface area contributed by atoms with Crippen LogP contribution in [0.25, 0.3) is 0 Å². The van der Waals surface area contributed by atoms with E-state index in [-0.39, 0.29) is 5.91 Å². The number of aromatic nitrogens is 2. The van der Waals surface area contributed by atoms with Gasteiger partial charge in [0.05, 0.1) is 11.8 Å². The number of hydrogen-bond donors (Lipinski definition) is 1. The van der Waals surface area contributed by atoms with Crippen LogP contribution in [-0.4, -0.2) is 43.7 Å². The molecule has 6 heteroatoms. The number of carboxylic acids is 1. The van der Waals surface area contributed by atoms with E-state index in [1.807, 2.05) is 0 Å². The Balaban J connectivity index is 2.30. The van der Waals surface area contributed by atoms with E-state index >= 15 is 0 Å². The maximum absolute atomic E-state index is 12.3. The van der Waals surface area contributed by atoms with E-state index in [4.69, 9.17) is 0 Å². The highest BCUT2D eigenvalue weighted by molar-refractivity contribution is 5.97. The molecule has 0 saturated carbocycles. The predicted molar refractivity (Wildman–Crippen MR) is 64.1 cm³/mol. The number of hydrogen-bond acceptors (Lipinski definition) is 3. The van der Waals surface area contributed by atoms with Gasteiger partial charge < -0.3 is 10.0 Å². The van der Waals surface area contributed by atoms with Gasteiger partial charge in [0, 0.05) is 19.8 Å². The van der Waals surface area contributed by atoms with Crippen molar-refractivity contribution >= 4 is 11.9 Å². The molecule has 1 saturated heterocycles. The van der Waals surface area contributed by atoms with Gasteiger partial charge >= 0.3 is 5.97 Å². The Morgan fingerprint density at radius 2 is 2.17 bits per heavy atom. The van der Waals surface area contributed by atoms with Gasteiger partial charge in [0.2, 0.25) is 0 Å². The molecule has 0 radical (unpaired) electrons. The molecule has 0 aliphatic carbocycles. The molecule has 0 spiro atoms. The average molecular weight is 251 g/mol. The van der Waals surface area contributed by atoms with Crippen molar-refractivity contribution in [2.24, 2.45) is 7.05 Å². The third-order valence-corrected chi connectivity index (χ3v) is 3.55. The molecule has 0 aromatic carbocycles. The first-order valence-electron chi connectivity index (χ1n) is 5.99. The zero-order valence-corrected chi connectivity index (χ0v) is 10.6. The molecule has 98 valence electrons. The Kier molecular flexibility index (Phi) is 3.11. The number of rotatable bonds is 2. The maximum atomic E-state index is 12.3. The standard InChI is InChI=1S/C12H17N3O3/c1-12(11(17)18)5-3-4-6-15(12)10(16)9-7-13-14(2)8-9/h7-8H,3-6H2,1-2H3,(H,17,18). The highest BCUT2D eigenvalue weighted by Crippen LogP contribution is 2.29. The molecule has 1 fully saturated rings. The van der Waals surface area contributed by atoms with Gasteiger partial charge in [0.25, 0.3) is 5.91 Å². The van der Waals surface area contributed by atoms with Gasteiger partial charge in [0.15, 0.2) is 0 Å². The number of aryl methyl sites for hydroxylation is 1. The lowest BCUT2D eigenvalue weighted by Gasteiger charge is -2.41. The van der Waals surface area contributed by atoms with Crippen LogP contribution in [0.1, 0.15) is 36.5 Å². The van der Waals surface area contributed by atoms with Crippen molar-refractivity contribution in [2.75, 3.05) is 6.54 Å². The van der Waals surface area contributed by atoms with Crippen molar-refractivity contribution in [1.82, 2.24) is 14.7 Å². The first kappa shape index (κ1) is 12.6. The number of piperidine rings is 1. The quantitative estimate of drug-likeness (QED) is 0.847. The van der Waals surface area contributed by atoms with E-state index in [1.54, 1.807) is 20.2 Å². The smallest absolute Gasteiger partial charge is 0.329 e. The van der Waals surface area contributed by atoms with Gasteiger partial charge in [-0.2, -0.15) is 5.10 Å². The monoisotopic (exact) mass is 251 g/mol. The number of aliphatic carboxylic acids is 1. The van der Waals surface area contributed by atoms with E-state index in [2.05, 4.69) is 5.10 Å². The summed E-state index contributed by atoms with van der Waals surface area (Å²) in [6, 6.07) is 0. The molecule has 1 amide bonds. The molecule has 6 nitrogen and oxygen atoms in total. The molecule has 1 aliphatic heterocycles. The van der Waals surface area contributed by atoms with Gasteiger partial charge in [0.1, 0.15) is 5.54 Å². The van der Waals surface area contributed by atoms with E-state index in [0.29, 0.717) is 18.5 Å². The number of nitrogens with zero attached hydrogens (tertiary/aromatic N) is 3. The van der Waals surface area contributed by atoms with E-state index in [9.17, 15) is 14.7 Å². The molecule has 1 aromatic rings. The fourth-order valence-electron chi connectivity index (χ4n) is 2.36. The highest BCUT2D eigenvalue weighted by Gasteiger charge is 2.44. The summed E-state index contributed by atoms with van der Waals surface area (Å²) in [4.78, 5) is 25.2. The lowest BCUT2D eigenvalue weighted by Crippen LogP contribution is -2.57. The van der Waals surface area contributed by atoms with Gasteiger partial charge in [-0.05, 0) is 26.2 Å². The van der Waals surface area contributed by atoms with Crippen molar-refractivity contribution in [1.29, 1.82) is 0 Å². The Bertz CT molecular complexity index is 483. The van der Waals surface area contributed by atoms with Crippen molar-refractivity contribution < 1.29 is 14.7 Å². The Labute approximate surface area is 105 Å². The molecular formula is C12H17N3O3. The summed E-state index contributed by atoms with van der Waals surface area (Å²) < 4.78 is 1.54. The van der Waals surface area contributed by atoms with Gasteiger partial charge in [-0.1, -0.05) is 0 Å². The lowest BCUT2D eigenvalue weighted by molar-refractivity contribution is -0.150. The molecular weight excluding hydrogens is 234 g/mol. The van der Waals surface area contributed by atoms with Crippen molar-refractivity contribution in [3.63, 3.8) is 0 Å². The van der Waals surface area contributed by atoms with Crippen LogP contribution in [0.3, 0.4) is 0 Å². The van der Waals surface area contributed by atoms with Crippen LogP contribution in [0.5, 0.6) is 0 Å². The number of carbonyl (C=O) groups is 2. The first-order valence-corrected chi connectivity index (χ1v) is 5.99. The molecule has 1 atom stereocenters. The second kappa shape index (κ2) is 4.44. The summed E-state index contributed by atoms with van der Waals surface area (Å²) in [7, 11) is 1.73. The predicted octanol–water partition coefficient (Wildman–Crippen LogP) is 0.889. The van der Waals surface area contributed by atoms with Crippen LogP contribution >= 0.6 is 0 Å². The normalized spacial score (nSPS) is 24.0. The second-order valence-corrected chi connectivity index (χ2v) is 4.90. The fraction of sp³-hybridized carbons (Fsp3) is 0.583. The van der Waals surface area contributed by atoms with Crippen LogP contribution in [0.15, 0.2) is 12.4 Å². The zero-order chi connectivity index (χ0) is 13.3. The second-order valence-electron chi connectivity index (χ2n) is 4.90. The van der Waals surface area contributed by atoms with E-state index in [0.717, 1.165) is 12.8 Å². The summed E-state index contributed by atoms with van der Waals surface area (Å²) in [5.41, 5.74) is -0.669. The lowest BCUT2D eigenvalue weighted by atomic mass is 9.88. The number of carbonyl (C=O) groups excluding carboxylic acids is 1. The van der Waals surface area contributed by atoms with E-state index < -0.39 is 11.5 Å². The largest absolute Gasteiger partial charge is 0.480 e. The molecule has 2 heterocycles. The van der Waals surface area contributed by atoms with E-state index in [1.165, 1.54) is 15.8 Å². The summed E-state index contributed by atoms with van der Waals surface area (Å²) >= 11 is 0. The number of amides is 1. The Morgan fingerprint density at radius 3 is 2.72 bits per heavy atom. The minimum Gasteiger partial charge on any atom is -0.480 e. The topological polar surface area (TPSA) is 75.4 Å².